The van der Waals surface area contributed by atoms with Gasteiger partial charge in [0.15, 0.2) is 5.76 Å². The number of hydrogen-bond acceptors (Lipinski definition) is 2. The predicted molar refractivity (Wildman–Crippen MR) is 72.4 cm³/mol. The normalized spacial score (nSPS) is 10.3. The number of furan rings is 1. The SMILES string of the molecule is O=C(Nc1ccccc1-n1cccc1)c1ccco1. The van der Waals surface area contributed by atoms with Crippen molar-refractivity contribution < 1.29 is 9.21 Å². The van der Waals surface area contributed by atoms with Crippen LogP contribution in [0, 0.1) is 0 Å². The number of hydrogen-bond donors (Lipinski definition) is 1. The van der Waals surface area contributed by atoms with Gasteiger partial charge in [0, 0.05) is 12.4 Å². The largest absolute Gasteiger partial charge is 0.459 e. The Bertz CT molecular complexity index is 670. The van der Waals surface area contributed by atoms with Crippen LogP contribution in [0.3, 0.4) is 0 Å². The number of aromatic nitrogens is 1. The van der Waals surface area contributed by atoms with Gasteiger partial charge < -0.3 is 14.3 Å². The summed E-state index contributed by atoms with van der Waals surface area (Å²) in [4.78, 5) is 12.0. The predicted octanol–water partition coefficient (Wildman–Crippen LogP) is 3.32. The number of nitrogens with zero attached hydrogens (tertiary/aromatic N) is 1. The molecule has 4 nitrogen and oxygen atoms in total. The Morgan fingerprint density at radius 2 is 1.79 bits per heavy atom. The van der Waals surface area contributed by atoms with Gasteiger partial charge in [-0.1, -0.05) is 12.1 Å². The first kappa shape index (κ1) is 11.3. The van der Waals surface area contributed by atoms with Crippen molar-refractivity contribution in [1.82, 2.24) is 4.57 Å². The minimum Gasteiger partial charge on any atom is -0.459 e. The third kappa shape index (κ3) is 2.28. The number of benzene rings is 1. The van der Waals surface area contributed by atoms with E-state index in [1.165, 1.54) is 6.26 Å². The number of carbonyl (C=O) groups is 1. The van der Waals surface area contributed by atoms with E-state index < -0.39 is 0 Å². The highest BCUT2D eigenvalue weighted by atomic mass is 16.3. The van der Waals surface area contributed by atoms with Crippen LogP contribution in [0.4, 0.5) is 5.69 Å². The molecule has 1 N–H and O–H groups in total. The van der Waals surface area contributed by atoms with Crippen molar-refractivity contribution in [3.63, 3.8) is 0 Å². The van der Waals surface area contributed by atoms with Crippen molar-refractivity contribution >= 4 is 11.6 Å². The standard InChI is InChI=1S/C15H12N2O2/c18-15(14-8-5-11-19-14)16-12-6-1-2-7-13(12)17-9-3-4-10-17/h1-11H,(H,16,18). The number of carbonyl (C=O) groups excluding carboxylic acids is 1. The van der Waals surface area contributed by atoms with Crippen LogP contribution in [0.2, 0.25) is 0 Å². The average molecular weight is 252 g/mol. The Morgan fingerprint density at radius 1 is 1.00 bits per heavy atom. The molecule has 19 heavy (non-hydrogen) atoms. The number of para-hydroxylation sites is 2. The summed E-state index contributed by atoms with van der Waals surface area (Å²) in [6.45, 7) is 0. The highest BCUT2D eigenvalue weighted by Gasteiger charge is 2.11. The summed E-state index contributed by atoms with van der Waals surface area (Å²) in [5, 5.41) is 2.85. The molecule has 0 aliphatic carbocycles. The van der Waals surface area contributed by atoms with Crippen molar-refractivity contribution in [3.8, 4) is 5.69 Å². The van der Waals surface area contributed by atoms with Gasteiger partial charge in [0.2, 0.25) is 0 Å². The minimum absolute atomic E-state index is 0.260. The van der Waals surface area contributed by atoms with E-state index in [1.54, 1.807) is 12.1 Å². The van der Waals surface area contributed by atoms with Gasteiger partial charge in [0.25, 0.3) is 5.91 Å². The van der Waals surface area contributed by atoms with Crippen LogP contribution in [0.25, 0.3) is 5.69 Å². The Hall–Kier alpha value is -2.75. The molecular formula is C15H12N2O2. The highest BCUT2D eigenvalue weighted by Crippen LogP contribution is 2.20. The van der Waals surface area contributed by atoms with Crippen LogP contribution in [-0.4, -0.2) is 10.5 Å². The molecule has 0 saturated heterocycles. The molecule has 0 atom stereocenters. The van der Waals surface area contributed by atoms with Crippen LogP contribution in [0.15, 0.2) is 71.6 Å². The molecule has 2 aromatic heterocycles. The van der Waals surface area contributed by atoms with E-state index in [2.05, 4.69) is 5.32 Å². The maximum Gasteiger partial charge on any atom is 0.291 e. The second kappa shape index (κ2) is 4.86. The molecule has 1 aromatic carbocycles. The van der Waals surface area contributed by atoms with E-state index in [0.29, 0.717) is 5.76 Å². The van der Waals surface area contributed by atoms with Gasteiger partial charge in [-0.2, -0.15) is 0 Å². The lowest BCUT2D eigenvalue weighted by Crippen LogP contribution is -2.12. The molecular weight excluding hydrogens is 240 g/mol. The first-order valence-corrected chi connectivity index (χ1v) is 5.92. The van der Waals surface area contributed by atoms with Gasteiger partial charge in [-0.3, -0.25) is 4.79 Å². The van der Waals surface area contributed by atoms with Crippen molar-refractivity contribution in [2.75, 3.05) is 5.32 Å². The Morgan fingerprint density at radius 3 is 2.53 bits per heavy atom. The minimum atomic E-state index is -0.260. The molecule has 3 aromatic rings. The molecule has 0 radical (unpaired) electrons. The monoisotopic (exact) mass is 252 g/mol. The van der Waals surface area contributed by atoms with Gasteiger partial charge in [-0.25, -0.2) is 0 Å². The fraction of sp³-hybridized carbons (Fsp3) is 0. The molecule has 0 unspecified atom stereocenters. The lowest BCUT2D eigenvalue weighted by Gasteiger charge is -2.10. The maximum absolute atomic E-state index is 12.0. The van der Waals surface area contributed by atoms with Gasteiger partial charge >= 0.3 is 0 Å². The van der Waals surface area contributed by atoms with Crippen molar-refractivity contribution in [3.05, 3.63) is 72.9 Å². The quantitative estimate of drug-likeness (QED) is 0.777. The highest BCUT2D eigenvalue weighted by molar-refractivity contribution is 6.03. The molecule has 0 fully saturated rings. The number of amides is 1. The summed E-state index contributed by atoms with van der Waals surface area (Å²) in [7, 11) is 0. The third-order valence-electron chi connectivity index (χ3n) is 2.78. The molecule has 0 saturated carbocycles. The fourth-order valence-electron chi connectivity index (χ4n) is 1.89. The Balaban J connectivity index is 1.92. The van der Waals surface area contributed by atoms with Gasteiger partial charge in [-0.05, 0) is 36.4 Å². The molecule has 4 heteroatoms. The molecule has 1 amide bonds. The van der Waals surface area contributed by atoms with Gasteiger partial charge in [-0.15, -0.1) is 0 Å². The van der Waals surface area contributed by atoms with E-state index in [1.807, 2.05) is 53.4 Å². The molecule has 0 spiro atoms. The summed E-state index contributed by atoms with van der Waals surface area (Å²) in [6.07, 6.45) is 5.34. The molecule has 2 heterocycles. The van der Waals surface area contributed by atoms with Crippen LogP contribution in [-0.2, 0) is 0 Å². The average Bonchev–Trinajstić information content (AvgIpc) is 3.13. The summed E-state index contributed by atoms with van der Waals surface area (Å²) in [5.74, 6) is 0.0342. The second-order valence-corrected chi connectivity index (χ2v) is 4.04. The van der Waals surface area contributed by atoms with Crippen LogP contribution in [0.1, 0.15) is 10.6 Å². The number of nitrogens with one attached hydrogen (secondary N) is 1. The maximum atomic E-state index is 12.0. The van der Waals surface area contributed by atoms with Crippen LogP contribution in [0.5, 0.6) is 0 Å². The second-order valence-electron chi connectivity index (χ2n) is 4.04. The van der Waals surface area contributed by atoms with E-state index in [9.17, 15) is 4.79 Å². The zero-order valence-corrected chi connectivity index (χ0v) is 10.1. The van der Waals surface area contributed by atoms with E-state index in [-0.39, 0.29) is 5.91 Å². The van der Waals surface area contributed by atoms with E-state index in [4.69, 9.17) is 4.42 Å². The lowest BCUT2D eigenvalue weighted by molar-refractivity contribution is 0.0996. The van der Waals surface area contributed by atoms with Crippen LogP contribution < -0.4 is 5.32 Å². The summed E-state index contributed by atoms with van der Waals surface area (Å²) in [5.41, 5.74) is 1.65. The van der Waals surface area contributed by atoms with Gasteiger partial charge in [0.05, 0.1) is 17.6 Å². The Kier molecular flexibility index (Phi) is 2.90. The lowest BCUT2D eigenvalue weighted by atomic mass is 10.2. The molecule has 0 aliphatic heterocycles. The number of anilines is 1. The topological polar surface area (TPSA) is 47.2 Å². The van der Waals surface area contributed by atoms with Crippen LogP contribution >= 0.6 is 0 Å². The van der Waals surface area contributed by atoms with E-state index in [0.717, 1.165) is 11.4 Å². The fourth-order valence-corrected chi connectivity index (χ4v) is 1.89. The summed E-state index contributed by atoms with van der Waals surface area (Å²) < 4.78 is 7.02. The zero-order chi connectivity index (χ0) is 13.1. The van der Waals surface area contributed by atoms with Crippen molar-refractivity contribution in [1.29, 1.82) is 0 Å². The first-order chi connectivity index (χ1) is 9.34. The molecule has 0 aliphatic rings. The molecule has 94 valence electrons. The zero-order valence-electron chi connectivity index (χ0n) is 10.1. The third-order valence-corrected chi connectivity index (χ3v) is 2.78. The van der Waals surface area contributed by atoms with Gasteiger partial charge in [0.1, 0.15) is 0 Å². The van der Waals surface area contributed by atoms with Crippen molar-refractivity contribution in [2.45, 2.75) is 0 Å². The smallest absolute Gasteiger partial charge is 0.291 e. The molecule has 3 rings (SSSR count). The van der Waals surface area contributed by atoms with E-state index >= 15 is 0 Å². The summed E-state index contributed by atoms with van der Waals surface area (Å²) >= 11 is 0. The molecule has 0 bridgehead atoms. The first-order valence-electron chi connectivity index (χ1n) is 5.92. The summed E-state index contributed by atoms with van der Waals surface area (Å²) in [6, 6.07) is 14.8. The Labute approximate surface area is 110 Å². The van der Waals surface area contributed by atoms with Crippen molar-refractivity contribution in [2.24, 2.45) is 0 Å². The number of rotatable bonds is 3.